The fourth-order valence-corrected chi connectivity index (χ4v) is 3.52. The zero-order valence-electron chi connectivity index (χ0n) is 16.1. The molecule has 1 aromatic carbocycles. The third kappa shape index (κ3) is 4.48. The number of amides is 3. The molecule has 7 heteroatoms. The third-order valence-corrected chi connectivity index (χ3v) is 5.06. The fourth-order valence-electron chi connectivity index (χ4n) is 3.52. The molecule has 0 radical (unpaired) electrons. The summed E-state index contributed by atoms with van der Waals surface area (Å²) >= 11 is 0. The predicted octanol–water partition coefficient (Wildman–Crippen LogP) is 3.30. The number of benzene rings is 1. The second kappa shape index (κ2) is 8.24. The monoisotopic (exact) mass is 369 g/mol. The summed E-state index contributed by atoms with van der Waals surface area (Å²) in [4.78, 5) is 25.8. The zero-order valence-corrected chi connectivity index (χ0v) is 16.1. The summed E-state index contributed by atoms with van der Waals surface area (Å²) in [6.45, 7) is 6.64. The number of carbonyl (C=O) groups excluding carboxylic acids is 2. The van der Waals surface area contributed by atoms with Gasteiger partial charge in [0.25, 0.3) is 0 Å². The van der Waals surface area contributed by atoms with Crippen molar-refractivity contribution in [3.8, 4) is 0 Å². The average Bonchev–Trinajstić information content (AvgIpc) is 3.14. The molecule has 27 heavy (non-hydrogen) atoms. The number of nitrogens with one attached hydrogen (secondary N) is 3. The maximum Gasteiger partial charge on any atom is 0.319 e. The van der Waals surface area contributed by atoms with Gasteiger partial charge in [0.15, 0.2) is 0 Å². The molecular weight excluding hydrogens is 342 g/mol. The van der Waals surface area contributed by atoms with Crippen molar-refractivity contribution >= 4 is 23.3 Å². The van der Waals surface area contributed by atoms with E-state index in [1.54, 1.807) is 0 Å². The largest absolute Gasteiger partial charge is 0.338 e. The number of hydrogen-bond acceptors (Lipinski definition) is 3. The summed E-state index contributed by atoms with van der Waals surface area (Å²) in [6.07, 6.45) is 3.22. The van der Waals surface area contributed by atoms with Gasteiger partial charge in [0.05, 0.1) is 5.69 Å². The fraction of sp³-hybridized carbons (Fsp3) is 0.450. The van der Waals surface area contributed by atoms with Gasteiger partial charge in [-0.2, -0.15) is 5.10 Å². The molecule has 2 heterocycles. The number of aromatic amines is 1. The van der Waals surface area contributed by atoms with Crippen LogP contribution in [0.15, 0.2) is 24.3 Å². The molecule has 1 aliphatic rings. The lowest BCUT2D eigenvalue weighted by atomic mass is 10.1. The molecule has 144 valence electrons. The van der Waals surface area contributed by atoms with Crippen LogP contribution in [0.25, 0.3) is 0 Å². The Kier molecular flexibility index (Phi) is 5.78. The normalized spacial score (nSPS) is 16.6. The summed E-state index contributed by atoms with van der Waals surface area (Å²) in [6, 6.07) is 7.40. The minimum absolute atomic E-state index is 0.157. The smallest absolute Gasteiger partial charge is 0.319 e. The first-order chi connectivity index (χ1) is 13.0. The number of aryl methyl sites for hydroxylation is 2. The highest BCUT2D eigenvalue weighted by Crippen LogP contribution is 2.27. The van der Waals surface area contributed by atoms with Crippen LogP contribution in [0.2, 0.25) is 0 Å². The summed E-state index contributed by atoms with van der Waals surface area (Å²) in [7, 11) is 0. The highest BCUT2D eigenvalue weighted by Gasteiger charge is 2.28. The van der Waals surface area contributed by atoms with E-state index in [1.807, 2.05) is 43.0 Å². The first-order valence-electron chi connectivity index (χ1n) is 9.43. The van der Waals surface area contributed by atoms with Crippen LogP contribution >= 0.6 is 0 Å². The topological polar surface area (TPSA) is 90.1 Å². The van der Waals surface area contributed by atoms with Crippen LogP contribution in [0.4, 0.5) is 16.2 Å². The number of hydrogen-bond donors (Lipinski definition) is 3. The van der Waals surface area contributed by atoms with Gasteiger partial charge >= 0.3 is 6.03 Å². The van der Waals surface area contributed by atoms with Crippen molar-refractivity contribution in [2.24, 2.45) is 0 Å². The maximum atomic E-state index is 12.0. The molecule has 1 fully saturated rings. The second-order valence-corrected chi connectivity index (χ2v) is 7.10. The second-order valence-electron chi connectivity index (χ2n) is 7.10. The van der Waals surface area contributed by atoms with E-state index in [0.29, 0.717) is 18.7 Å². The van der Waals surface area contributed by atoms with Crippen molar-refractivity contribution < 1.29 is 9.59 Å². The van der Waals surface area contributed by atoms with Gasteiger partial charge in [-0.1, -0.05) is 0 Å². The van der Waals surface area contributed by atoms with Crippen molar-refractivity contribution in [3.63, 3.8) is 0 Å². The average molecular weight is 369 g/mol. The van der Waals surface area contributed by atoms with Gasteiger partial charge < -0.3 is 15.5 Å². The van der Waals surface area contributed by atoms with Gasteiger partial charge in [-0.05, 0) is 69.9 Å². The van der Waals surface area contributed by atoms with Crippen LogP contribution in [0.1, 0.15) is 43.1 Å². The van der Waals surface area contributed by atoms with E-state index in [4.69, 9.17) is 0 Å². The molecule has 0 aliphatic carbocycles. The summed E-state index contributed by atoms with van der Waals surface area (Å²) < 4.78 is 0. The van der Waals surface area contributed by atoms with Gasteiger partial charge in [0.2, 0.25) is 5.91 Å². The van der Waals surface area contributed by atoms with Gasteiger partial charge in [-0.25, -0.2) is 4.79 Å². The molecule has 1 aliphatic heterocycles. The molecule has 3 N–H and O–H groups in total. The number of carbonyl (C=O) groups is 2. The van der Waals surface area contributed by atoms with E-state index in [0.717, 1.165) is 36.3 Å². The van der Waals surface area contributed by atoms with Gasteiger partial charge in [-0.15, -0.1) is 0 Å². The van der Waals surface area contributed by atoms with Crippen LogP contribution in [-0.4, -0.2) is 34.7 Å². The molecule has 0 saturated carbocycles. The van der Waals surface area contributed by atoms with E-state index in [2.05, 4.69) is 27.8 Å². The van der Waals surface area contributed by atoms with Crippen molar-refractivity contribution in [1.82, 2.24) is 15.5 Å². The molecular formula is C20H27N5O2. The summed E-state index contributed by atoms with van der Waals surface area (Å²) in [5, 5.41) is 12.9. The minimum atomic E-state index is -0.228. The number of H-pyrrole nitrogens is 1. The molecule has 0 spiro atoms. The van der Waals surface area contributed by atoms with E-state index in [9.17, 15) is 9.59 Å². The molecule has 1 saturated heterocycles. The molecule has 7 nitrogen and oxygen atoms in total. The van der Waals surface area contributed by atoms with Crippen molar-refractivity contribution in [1.29, 1.82) is 0 Å². The Morgan fingerprint density at radius 3 is 2.63 bits per heavy atom. The first-order valence-corrected chi connectivity index (χ1v) is 9.43. The molecule has 1 atom stereocenters. The Morgan fingerprint density at radius 1 is 1.30 bits per heavy atom. The lowest BCUT2D eigenvalue weighted by Crippen LogP contribution is -2.31. The Hall–Kier alpha value is -2.83. The van der Waals surface area contributed by atoms with E-state index in [1.165, 1.54) is 5.56 Å². The summed E-state index contributed by atoms with van der Waals surface area (Å²) in [5.41, 5.74) is 4.91. The Balaban J connectivity index is 1.45. The molecule has 2 aromatic rings. The van der Waals surface area contributed by atoms with E-state index in [-0.39, 0.29) is 18.0 Å². The standard InChI is InChI=1S/C20H27N5O2/c1-13-6-11-19(26)25(13)17-9-7-16(8-10-17)22-20(27)21-12-4-5-18-14(2)23-24-15(18)3/h7-10,13H,4-6,11-12H2,1-3H3,(H,23,24)(H2,21,22,27)/t13-/m0/s1. The minimum Gasteiger partial charge on any atom is -0.338 e. The molecule has 0 bridgehead atoms. The van der Waals surface area contributed by atoms with Crippen LogP contribution in [-0.2, 0) is 11.2 Å². The van der Waals surface area contributed by atoms with Crippen LogP contribution in [0.3, 0.4) is 0 Å². The zero-order chi connectivity index (χ0) is 19.4. The quantitative estimate of drug-likeness (QED) is 0.683. The van der Waals surface area contributed by atoms with E-state index < -0.39 is 0 Å². The highest BCUT2D eigenvalue weighted by molar-refractivity contribution is 5.96. The Bertz CT molecular complexity index is 793. The Morgan fingerprint density at radius 2 is 2.04 bits per heavy atom. The van der Waals surface area contributed by atoms with Gasteiger partial charge in [-0.3, -0.25) is 9.89 Å². The molecule has 1 aromatic heterocycles. The third-order valence-electron chi connectivity index (χ3n) is 5.06. The van der Waals surface area contributed by atoms with Crippen molar-refractivity contribution in [2.75, 3.05) is 16.8 Å². The Labute approximate surface area is 159 Å². The maximum absolute atomic E-state index is 12.0. The highest BCUT2D eigenvalue weighted by atomic mass is 16.2. The van der Waals surface area contributed by atoms with Crippen LogP contribution in [0.5, 0.6) is 0 Å². The number of urea groups is 1. The van der Waals surface area contributed by atoms with Gasteiger partial charge in [0, 0.05) is 36.1 Å². The molecule has 0 unspecified atom stereocenters. The first kappa shape index (κ1) is 18.9. The van der Waals surface area contributed by atoms with Crippen molar-refractivity contribution in [2.45, 2.75) is 52.5 Å². The summed E-state index contributed by atoms with van der Waals surface area (Å²) in [5.74, 6) is 0.157. The van der Waals surface area contributed by atoms with Crippen molar-refractivity contribution in [3.05, 3.63) is 41.2 Å². The van der Waals surface area contributed by atoms with Gasteiger partial charge in [0.1, 0.15) is 0 Å². The predicted molar refractivity (Wildman–Crippen MR) is 106 cm³/mol. The lowest BCUT2D eigenvalue weighted by Gasteiger charge is -2.22. The number of aromatic nitrogens is 2. The molecule has 3 amide bonds. The number of nitrogens with zero attached hydrogens (tertiary/aromatic N) is 2. The molecule has 3 rings (SSSR count). The van der Waals surface area contributed by atoms with Crippen LogP contribution in [0, 0.1) is 13.8 Å². The van der Waals surface area contributed by atoms with E-state index >= 15 is 0 Å². The number of anilines is 2. The number of rotatable bonds is 6. The SMILES string of the molecule is Cc1n[nH]c(C)c1CCCNC(=O)Nc1ccc(N2C(=O)CC[C@@H]2C)cc1. The van der Waals surface area contributed by atoms with Crippen LogP contribution < -0.4 is 15.5 Å². The lowest BCUT2D eigenvalue weighted by molar-refractivity contribution is -0.117.